The van der Waals surface area contributed by atoms with E-state index in [1.54, 1.807) is 12.1 Å². The van der Waals surface area contributed by atoms with Crippen LogP contribution in [0.3, 0.4) is 0 Å². The van der Waals surface area contributed by atoms with Crippen LogP contribution < -0.4 is 5.32 Å². The SMILES string of the molecule is O=C(NC(CO)c1ccco1)C1CC1(Cl)Cl. The summed E-state index contributed by atoms with van der Waals surface area (Å²) in [7, 11) is 0. The highest BCUT2D eigenvalue weighted by Gasteiger charge is 2.56. The predicted octanol–water partition coefficient (Wildman–Crippen LogP) is 1.62. The van der Waals surface area contributed by atoms with Gasteiger partial charge in [0.15, 0.2) is 0 Å². The molecule has 1 saturated carbocycles. The van der Waals surface area contributed by atoms with Crippen LogP contribution in [0.1, 0.15) is 18.2 Å². The summed E-state index contributed by atoms with van der Waals surface area (Å²) in [5.41, 5.74) is 0. The van der Waals surface area contributed by atoms with Crippen molar-refractivity contribution in [3.63, 3.8) is 0 Å². The molecule has 2 rings (SSSR count). The minimum atomic E-state index is -0.951. The number of halogens is 2. The fourth-order valence-corrected chi connectivity index (χ4v) is 1.97. The van der Waals surface area contributed by atoms with Crippen LogP contribution in [0.25, 0.3) is 0 Å². The first-order chi connectivity index (χ1) is 7.54. The highest BCUT2D eigenvalue weighted by atomic mass is 35.5. The summed E-state index contributed by atoms with van der Waals surface area (Å²) in [5, 5.41) is 11.8. The lowest BCUT2D eigenvalue weighted by molar-refractivity contribution is -0.123. The van der Waals surface area contributed by atoms with E-state index in [-0.39, 0.29) is 12.5 Å². The fraction of sp³-hybridized carbons (Fsp3) is 0.500. The molecule has 16 heavy (non-hydrogen) atoms. The van der Waals surface area contributed by atoms with Gasteiger partial charge in [-0.05, 0) is 18.6 Å². The van der Waals surface area contributed by atoms with E-state index in [1.165, 1.54) is 6.26 Å². The van der Waals surface area contributed by atoms with E-state index in [0.29, 0.717) is 12.2 Å². The Labute approximate surface area is 103 Å². The number of nitrogens with one attached hydrogen (secondary N) is 1. The molecule has 0 bridgehead atoms. The Hall–Kier alpha value is -0.710. The van der Waals surface area contributed by atoms with Gasteiger partial charge in [-0.2, -0.15) is 0 Å². The zero-order valence-corrected chi connectivity index (χ0v) is 9.83. The summed E-state index contributed by atoms with van der Waals surface area (Å²) >= 11 is 11.5. The van der Waals surface area contributed by atoms with Crippen LogP contribution in [-0.2, 0) is 4.79 Å². The molecule has 2 atom stereocenters. The largest absolute Gasteiger partial charge is 0.467 e. The first-order valence-electron chi connectivity index (χ1n) is 4.87. The number of rotatable bonds is 4. The lowest BCUT2D eigenvalue weighted by Gasteiger charge is -2.13. The van der Waals surface area contributed by atoms with Crippen LogP contribution in [0.2, 0.25) is 0 Å². The van der Waals surface area contributed by atoms with Crippen molar-refractivity contribution >= 4 is 29.1 Å². The highest BCUT2D eigenvalue weighted by Crippen LogP contribution is 2.53. The van der Waals surface area contributed by atoms with Crippen LogP contribution in [0, 0.1) is 5.92 Å². The third-order valence-electron chi connectivity index (χ3n) is 2.53. The maximum absolute atomic E-state index is 11.7. The average molecular weight is 264 g/mol. The summed E-state index contributed by atoms with van der Waals surface area (Å²) < 4.78 is 4.15. The molecule has 1 aliphatic rings. The Morgan fingerprint density at radius 1 is 1.75 bits per heavy atom. The highest BCUT2D eigenvalue weighted by molar-refractivity contribution is 6.52. The Morgan fingerprint density at radius 3 is 2.88 bits per heavy atom. The number of aliphatic hydroxyl groups excluding tert-OH is 1. The van der Waals surface area contributed by atoms with Crippen molar-refractivity contribution in [2.45, 2.75) is 16.8 Å². The van der Waals surface area contributed by atoms with Gasteiger partial charge >= 0.3 is 0 Å². The van der Waals surface area contributed by atoms with Gasteiger partial charge in [-0.15, -0.1) is 23.2 Å². The van der Waals surface area contributed by atoms with E-state index in [0.717, 1.165) is 0 Å². The number of alkyl halides is 2. The molecule has 1 aliphatic carbocycles. The number of hydrogen-bond acceptors (Lipinski definition) is 3. The quantitative estimate of drug-likeness (QED) is 0.812. The molecule has 1 aromatic heterocycles. The Bertz CT molecular complexity index is 377. The monoisotopic (exact) mass is 263 g/mol. The fourth-order valence-electron chi connectivity index (χ4n) is 1.47. The van der Waals surface area contributed by atoms with Crippen molar-refractivity contribution in [1.82, 2.24) is 5.32 Å². The van der Waals surface area contributed by atoms with Gasteiger partial charge in [-0.3, -0.25) is 4.79 Å². The van der Waals surface area contributed by atoms with Gasteiger partial charge in [0.1, 0.15) is 16.1 Å². The van der Waals surface area contributed by atoms with Crippen LogP contribution >= 0.6 is 23.2 Å². The van der Waals surface area contributed by atoms with E-state index < -0.39 is 16.3 Å². The van der Waals surface area contributed by atoms with Crippen molar-refractivity contribution in [2.24, 2.45) is 5.92 Å². The molecule has 1 amide bonds. The summed E-state index contributed by atoms with van der Waals surface area (Å²) in [6.07, 6.45) is 1.92. The third kappa shape index (κ3) is 2.34. The van der Waals surface area contributed by atoms with E-state index in [9.17, 15) is 4.79 Å². The number of furan rings is 1. The van der Waals surface area contributed by atoms with E-state index in [2.05, 4.69) is 5.32 Å². The second-order valence-corrected chi connectivity index (χ2v) is 5.32. The van der Waals surface area contributed by atoms with Crippen molar-refractivity contribution in [3.05, 3.63) is 24.2 Å². The van der Waals surface area contributed by atoms with Crippen LogP contribution in [0.5, 0.6) is 0 Å². The molecule has 0 aliphatic heterocycles. The zero-order valence-electron chi connectivity index (χ0n) is 8.32. The Balaban J connectivity index is 1.96. The summed E-state index contributed by atoms with van der Waals surface area (Å²) in [6, 6.07) is 2.82. The first-order valence-corrected chi connectivity index (χ1v) is 5.62. The van der Waals surface area contributed by atoms with Crippen molar-refractivity contribution in [3.8, 4) is 0 Å². The van der Waals surface area contributed by atoms with Gasteiger partial charge < -0.3 is 14.8 Å². The maximum atomic E-state index is 11.7. The van der Waals surface area contributed by atoms with Gasteiger partial charge in [0, 0.05) is 0 Å². The van der Waals surface area contributed by atoms with Gasteiger partial charge in [0.2, 0.25) is 5.91 Å². The minimum Gasteiger partial charge on any atom is -0.467 e. The topological polar surface area (TPSA) is 62.5 Å². The zero-order chi connectivity index (χ0) is 11.8. The van der Waals surface area contributed by atoms with Gasteiger partial charge in [0.05, 0.1) is 18.8 Å². The van der Waals surface area contributed by atoms with Crippen molar-refractivity contribution in [2.75, 3.05) is 6.61 Å². The van der Waals surface area contributed by atoms with Crippen molar-refractivity contribution in [1.29, 1.82) is 0 Å². The molecule has 6 heteroatoms. The molecular weight excluding hydrogens is 253 g/mol. The smallest absolute Gasteiger partial charge is 0.226 e. The standard InChI is InChI=1S/C10H11Cl2NO3/c11-10(12)4-6(10)9(15)13-7(5-14)8-2-1-3-16-8/h1-3,6-7,14H,4-5H2,(H,13,15). The molecule has 4 nitrogen and oxygen atoms in total. The van der Waals surface area contributed by atoms with Crippen molar-refractivity contribution < 1.29 is 14.3 Å². The van der Waals surface area contributed by atoms with Crippen LogP contribution in [0.4, 0.5) is 0 Å². The molecule has 0 spiro atoms. The van der Waals surface area contributed by atoms with Gasteiger partial charge in [0.25, 0.3) is 0 Å². The first kappa shape index (κ1) is 11.8. The molecule has 88 valence electrons. The normalized spacial score (nSPS) is 23.8. The summed E-state index contributed by atoms with van der Waals surface area (Å²) in [4.78, 5) is 11.7. The lowest BCUT2D eigenvalue weighted by atomic mass is 10.2. The molecule has 1 heterocycles. The average Bonchev–Trinajstić information content (AvgIpc) is 2.71. The molecule has 0 radical (unpaired) electrons. The lowest BCUT2D eigenvalue weighted by Crippen LogP contribution is -2.32. The van der Waals surface area contributed by atoms with Gasteiger partial charge in [-0.1, -0.05) is 0 Å². The summed E-state index contributed by atoms with van der Waals surface area (Å²) in [5.74, 6) is -0.161. The minimum absolute atomic E-state index is 0.233. The molecule has 1 aromatic rings. The second kappa shape index (κ2) is 4.28. The third-order valence-corrected chi connectivity index (χ3v) is 3.36. The van der Waals surface area contributed by atoms with Crippen LogP contribution in [0.15, 0.2) is 22.8 Å². The number of hydrogen-bond donors (Lipinski definition) is 2. The molecule has 0 saturated heterocycles. The number of carbonyl (C=O) groups excluding carboxylic acids is 1. The van der Waals surface area contributed by atoms with Crippen LogP contribution in [-0.4, -0.2) is 22.0 Å². The molecule has 1 fully saturated rings. The van der Waals surface area contributed by atoms with Gasteiger partial charge in [-0.25, -0.2) is 0 Å². The van der Waals surface area contributed by atoms with E-state index in [4.69, 9.17) is 32.7 Å². The number of carbonyl (C=O) groups is 1. The molecule has 2 unspecified atom stereocenters. The van der Waals surface area contributed by atoms with E-state index >= 15 is 0 Å². The summed E-state index contributed by atoms with van der Waals surface area (Å²) in [6.45, 7) is -0.233. The number of amides is 1. The second-order valence-electron chi connectivity index (χ2n) is 3.78. The Kier molecular flexibility index (Phi) is 3.15. The maximum Gasteiger partial charge on any atom is 0.226 e. The predicted molar refractivity (Wildman–Crippen MR) is 59.2 cm³/mol. The number of aliphatic hydroxyl groups is 1. The van der Waals surface area contributed by atoms with E-state index in [1.807, 2.05) is 0 Å². The Morgan fingerprint density at radius 2 is 2.44 bits per heavy atom. The molecular formula is C10H11Cl2NO3. The molecule has 0 aromatic carbocycles. The molecule has 2 N–H and O–H groups in total.